The molecule has 8 aromatic rings. The monoisotopic (exact) mass is 758 g/mol. The second-order valence-electron chi connectivity index (χ2n) is 16.3. The summed E-state index contributed by atoms with van der Waals surface area (Å²) < 4.78 is 0. The van der Waals surface area contributed by atoms with Crippen molar-refractivity contribution in [2.75, 3.05) is 0 Å². The van der Waals surface area contributed by atoms with Gasteiger partial charge in [-0.15, -0.1) is 0 Å². The van der Waals surface area contributed by atoms with Gasteiger partial charge in [0.25, 0.3) is 0 Å². The van der Waals surface area contributed by atoms with Crippen LogP contribution in [0.1, 0.15) is 72.2 Å². The number of nitrogens with one attached hydrogen (secondary N) is 2. The number of fused-ring (bicyclic) bond motifs is 9. The number of hydrogen-bond donors (Lipinski definition) is 2. The number of aryl methyl sites for hydroxylation is 6. The lowest BCUT2D eigenvalue weighted by atomic mass is 9.84. The fourth-order valence-corrected chi connectivity index (χ4v) is 8.17. The molecule has 6 aromatic carbocycles. The van der Waals surface area contributed by atoms with Gasteiger partial charge in [-0.2, -0.15) is 0 Å². The zero-order valence-electron chi connectivity index (χ0n) is 36.2. The molecule has 9 rings (SSSR count). The van der Waals surface area contributed by atoms with Crippen molar-refractivity contribution in [1.29, 1.82) is 0 Å². The second-order valence-corrected chi connectivity index (χ2v) is 16.3. The molecule has 2 N–H and O–H groups in total. The van der Waals surface area contributed by atoms with Gasteiger partial charge in [0.2, 0.25) is 0 Å². The lowest BCUT2D eigenvalue weighted by molar-refractivity contribution is 0.946. The van der Waals surface area contributed by atoms with Crippen molar-refractivity contribution in [2.45, 2.75) is 82.1 Å². The summed E-state index contributed by atoms with van der Waals surface area (Å²) in [7, 11) is 0. The second kappa shape index (κ2) is 16.4. The number of aromatic amines is 2. The van der Waals surface area contributed by atoms with E-state index in [-0.39, 0.29) is 0 Å². The molecule has 2 nitrogen and oxygen atoms in total. The highest BCUT2D eigenvalue weighted by molar-refractivity contribution is 6.12. The van der Waals surface area contributed by atoms with Crippen LogP contribution in [-0.4, -0.2) is 9.97 Å². The van der Waals surface area contributed by atoms with Gasteiger partial charge >= 0.3 is 0 Å². The molecular weight excluding hydrogens is 701 g/mol. The van der Waals surface area contributed by atoms with E-state index in [4.69, 9.17) is 0 Å². The van der Waals surface area contributed by atoms with Gasteiger partial charge in [0.1, 0.15) is 0 Å². The molecule has 0 atom stereocenters. The standard InChI is InChI=1S/C44H38N2.2C6H10/c1-23-13-33(14-24(2)27(23)5)29-9-11-41-37(17-29)39-19-31-7-8-32-20-40-38-18-30(34-15-25(3)28(6)26(4)16-34)10-12-42(38)46-44(40)22-36(32)35(31)21-43(39)45-41;2*1-4-6(3)5-2/h9-22,45-46H,7-8H2,1-6H3;2*4-5H,1H2,2-3H3/b;2*6-5-. The summed E-state index contributed by atoms with van der Waals surface area (Å²) in [5.41, 5.74) is 26.2. The molecule has 292 valence electrons. The van der Waals surface area contributed by atoms with Crippen LogP contribution in [0.25, 0.3) is 77.0 Å². The Morgan fingerprint density at radius 3 is 1.10 bits per heavy atom. The van der Waals surface area contributed by atoms with Gasteiger partial charge < -0.3 is 9.97 Å². The van der Waals surface area contributed by atoms with Crippen molar-refractivity contribution in [3.8, 4) is 33.4 Å². The van der Waals surface area contributed by atoms with E-state index in [0.29, 0.717) is 0 Å². The van der Waals surface area contributed by atoms with Gasteiger partial charge in [0.15, 0.2) is 0 Å². The van der Waals surface area contributed by atoms with E-state index in [1.807, 2.05) is 52.0 Å². The number of rotatable bonds is 4. The Bertz CT molecular complexity index is 2720. The summed E-state index contributed by atoms with van der Waals surface area (Å²) in [6.45, 7) is 28.5. The fourth-order valence-electron chi connectivity index (χ4n) is 8.17. The first kappa shape index (κ1) is 40.1. The normalized spacial score (nSPS) is 12.5. The zero-order valence-corrected chi connectivity index (χ0v) is 36.2. The van der Waals surface area contributed by atoms with Crippen molar-refractivity contribution in [2.24, 2.45) is 0 Å². The molecule has 1 aliphatic rings. The van der Waals surface area contributed by atoms with Crippen LogP contribution in [0.5, 0.6) is 0 Å². The van der Waals surface area contributed by atoms with E-state index in [1.165, 1.54) is 133 Å². The highest BCUT2D eigenvalue weighted by Gasteiger charge is 2.21. The number of hydrogen-bond acceptors (Lipinski definition) is 0. The summed E-state index contributed by atoms with van der Waals surface area (Å²) in [6, 6.07) is 32.8. The molecule has 1 aliphatic carbocycles. The lowest BCUT2D eigenvalue weighted by Crippen LogP contribution is -2.04. The van der Waals surface area contributed by atoms with E-state index in [1.54, 1.807) is 0 Å². The van der Waals surface area contributed by atoms with E-state index in [9.17, 15) is 0 Å². The smallest absolute Gasteiger partial charge is 0.0471 e. The Kier molecular flexibility index (Phi) is 11.3. The highest BCUT2D eigenvalue weighted by atomic mass is 14.7. The minimum Gasteiger partial charge on any atom is -0.354 e. The van der Waals surface area contributed by atoms with Gasteiger partial charge in [-0.3, -0.25) is 0 Å². The minimum absolute atomic E-state index is 1.06. The Labute approximate surface area is 345 Å². The van der Waals surface area contributed by atoms with Crippen LogP contribution < -0.4 is 0 Å². The molecule has 2 heterocycles. The van der Waals surface area contributed by atoms with Crippen LogP contribution in [0.3, 0.4) is 0 Å². The van der Waals surface area contributed by atoms with Crippen LogP contribution >= 0.6 is 0 Å². The number of H-pyrrole nitrogens is 2. The van der Waals surface area contributed by atoms with Gasteiger partial charge in [-0.1, -0.05) is 85.0 Å². The summed E-state index contributed by atoms with van der Waals surface area (Å²) >= 11 is 0. The highest BCUT2D eigenvalue weighted by Crippen LogP contribution is 2.42. The van der Waals surface area contributed by atoms with Crippen molar-refractivity contribution in [3.05, 3.63) is 178 Å². The third-order valence-corrected chi connectivity index (χ3v) is 12.7. The molecule has 0 spiro atoms. The molecule has 2 heteroatoms. The molecule has 0 saturated heterocycles. The molecule has 58 heavy (non-hydrogen) atoms. The molecule has 0 fully saturated rings. The van der Waals surface area contributed by atoms with E-state index < -0.39 is 0 Å². The molecule has 0 saturated carbocycles. The first-order valence-corrected chi connectivity index (χ1v) is 20.7. The van der Waals surface area contributed by atoms with Crippen molar-refractivity contribution in [1.82, 2.24) is 9.97 Å². The van der Waals surface area contributed by atoms with Gasteiger partial charge in [-0.25, -0.2) is 0 Å². The Hall–Kier alpha value is -6.12. The number of benzene rings is 6. The fraction of sp³-hybridized carbons (Fsp3) is 0.214. The van der Waals surface area contributed by atoms with Crippen molar-refractivity contribution in [3.63, 3.8) is 0 Å². The Morgan fingerprint density at radius 1 is 0.448 bits per heavy atom. The SMILES string of the molecule is C=C/C(C)=C\C.C=C/C(C)=C\C.Cc1cc(-c2ccc3[nH]c4cc5c(cc4c3c2)CCc2cc3c(cc2-5)[nH]c2ccc(-c4cc(C)c(C)c(C)c4)cc23)cc(C)c1C. The topological polar surface area (TPSA) is 31.6 Å². The van der Waals surface area contributed by atoms with Crippen LogP contribution in [0, 0.1) is 41.5 Å². The van der Waals surface area contributed by atoms with E-state index in [0.717, 1.165) is 12.8 Å². The van der Waals surface area contributed by atoms with Crippen LogP contribution in [0.2, 0.25) is 0 Å². The Morgan fingerprint density at radius 2 is 0.793 bits per heavy atom. The first-order chi connectivity index (χ1) is 27.8. The largest absolute Gasteiger partial charge is 0.354 e. The van der Waals surface area contributed by atoms with Crippen LogP contribution in [0.15, 0.2) is 134 Å². The summed E-state index contributed by atoms with van der Waals surface area (Å²) in [4.78, 5) is 7.51. The molecule has 0 aliphatic heterocycles. The summed E-state index contributed by atoms with van der Waals surface area (Å²) in [5, 5.41) is 5.25. The lowest BCUT2D eigenvalue weighted by Gasteiger charge is -2.20. The maximum absolute atomic E-state index is 3.75. The molecular formula is C56H58N2. The number of allylic oxidation sites excluding steroid dienone is 6. The zero-order chi connectivity index (χ0) is 41.4. The molecule has 0 bridgehead atoms. The quantitative estimate of drug-likeness (QED) is 0.168. The van der Waals surface area contributed by atoms with Crippen molar-refractivity contribution >= 4 is 43.6 Å². The van der Waals surface area contributed by atoms with E-state index >= 15 is 0 Å². The minimum atomic E-state index is 1.06. The van der Waals surface area contributed by atoms with Gasteiger partial charge in [0, 0.05) is 43.6 Å². The van der Waals surface area contributed by atoms with E-state index in [2.05, 4.69) is 150 Å². The number of aromatic nitrogens is 2. The molecule has 2 aromatic heterocycles. The predicted molar refractivity (Wildman–Crippen MR) is 257 cm³/mol. The van der Waals surface area contributed by atoms with Crippen LogP contribution in [-0.2, 0) is 12.8 Å². The van der Waals surface area contributed by atoms with Crippen LogP contribution in [0.4, 0.5) is 0 Å². The predicted octanol–water partition coefficient (Wildman–Crippen LogP) is 16.2. The summed E-state index contributed by atoms with van der Waals surface area (Å²) in [5.74, 6) is 0. The summed E-state index contributed by atoms with van der Waals surface area (Å²) in [6.07, 6.45) is 9.82. The Balaban J connectivity index is 0.000000375. The average molecular weight is 759 g/mol. The maximum Gasteiger partial charge on any atom is 0.0471 e. The van der Waals surface area contributed by atoms with Crippen molar-refractivity contribution < 1.29 is 0 Å². The maximum atomic E-state index is 3.75. The van der Waals surface area contributed by atoms with Gasteiger partial charge in [-0.05, 0) is 208 Å². The molecule has 0 amide bonds. The third-order valence-electron chi connectivity index (χ3n) is 12.7. The molecule has 0 radical (unpaired) electrons. The third kappa shape index (κ3) is 7.64. The average Bonchev–Trinajstić information content (AvgIpc) is 3.78. The first-order valence-electron chi connectivity index (χ1n) is 20.7. The molecule has 0 unspecified atom stereocenters. The van der Waals surface area contributed by atoms with Gasteiger partial charge in [0.05, 0.1) is 0 Å².